The molecule has 0 N–H and O–H groups in total. The van der Waals surface area contributed by atoms with E-state index in [-0.39, 0.29) is 12.5 Å². The highest BCUT2D eigenvalue weighted by molar-refractivity contribution is 5.77. The van der Waals surface area contributed by atoms with Crippen molar-refractivity contribution in [3.05, 3.63) is 60.2 Å². The van der Waals surface area contributed by atoms with Crippen molar-refractivity contribution >= 4 is 5.91 Å². The summed E-state index contributed by atoms with van der Waals surface area (Å²) in [6.45, 7) is 6.03. The maximum absolute atomic E-state index is 12.3. The Hall–Kier alpha value is -2.49. The lowest BCUT2D eigenvalue weighted by atomic mass is 10.2. The van der Waals surface area contributed by atoms with Gasteiger partial charge in [-0.3, -0.25) is 4.79 Å². The molecular formula is C20H25NO3. The topological polar surface area (TPSA) is 38.8 Å². The molecular weight excluding hydrogens is 302 g/mol. The average Bonchev–Trinajstić information content (AvgIpc) is 2.64. The highest BCUT2D eigenvalue weighted by Crippen LogP contribution is 2.18. The summed E-state index contributed by atoms with van der Waals surface area (Å²) in [5.41, 5.74) is 1.12. The van der Waals surface area contributed by atoms with E-state index in [1.54, 1.807) is 4.90 Å². The van der Waals surface area contributed by atoms with Crippen LogP contribution in [-0.4, -0.2) is 30.6 Å². The van der Waals surface area contributed by atoms with Gasteiger partial charge in [0.1, 0.15) is 11.5 Å². The molecule has 0 spiro atoms. The molecule has 0 unspecified atom stereocenters. The van der Waals surface area contributed by atoms with Crippen molar-refractivity contribution in [3.8, 4) is 11.5 Å². The lowest BCUT2D eigenvalue weighted by Gasteiger charge is -2.21. The van der Waals surface area contributed by atoms with E-state index < -0.39 is 0 Å². The van der Waals surface area contributed by atoms with Crippen LogP contribution in [0.4, 0.5) is 0 Å². The molecule has 4 heteroatoms. The number of carbonyl (C=O) groups excluding carboxylic acids is 1. The van der Waals surface area contributed by atoms with Crippen molar-refractivity contribution in [1.29, 1.82) is 0 Å². The lowest BCUT2D eigenvalue weighted by molar-refractivity contribution is -0.133. The van der Waals surface area contributed by atoms with Crippen LogP contribution >= 0.6 is 0 Å². The van der Waals surface area contributed by atoms with Crippen LogP contribution in [0.25, 0.3) is 0 Å². The van der Waals surface area contributed by atoms with Crippen LogP contribution in [0.2, 0.25) is 0 Å². The van der Waals surface area contributed by atoms with Crippen LogP contribution in [0.5, 0.6) is 11.5 Å². The second kappa shape index (κ2) is 9.60. The highest BCUT2D eigenvalue weighted by Gasteiger charge is 2.12. The zero-order valence-electron chi connectivity index (χ0n) is 14.4. The van der Waals surface area contributed by atoms with E-state index in [0.29, 0.717) is 25.4 Å². The van der Waals surface area contributed by atoms with Gasteiger partial charge < -0.3 is 14.4 Å². The molecule has 2 rings (SSSR count). The van der Waals surface area contributed by atoms with Crippen molar-refractivity contribution in [3.63, 3.8) is 0 Å². The van der Waals surface area contributed by atoms with E-state index in [0.717, 1.165) is 17.7 Å². The van der Waals surface area contributed by atoms with E-state index in [2.05, 4.69) is 6.92 Å². The predicted molar refractivity (Wildman–Crippen MR) is 95.3 cm³/mol. The maximum Gasteiger partial charge on any atom is 0.260 e. The third-order valence-corrected chi connectivity index (χ3v) is 3.61. The minimum absolute atomic E-state index is 0.0207. The first-order chi connectivity index (χ1) is 11.7. The molecule has 0 fully saturated rings. The SMILES string of the molecule is CCCOc1ccc(OCC(=O)N(CC)Cc2ccccc2)cc1. The van der Waals surface area contributed by atoms with Gasteiger partial charge >= 0.3 is 0 Å². The molecule has 4 nitrogen and oxygen atoms in total. The average molecular weight is 327 g/mol. The molecule has 2 aromatic carbocycles. The number of benzene rings is 2. The zero-order valence-corrected chi connectivity index (χ0v) is 14.4. The van der Waals surface area contributed by atoms with Crippen molar-refractivity contribution in [2.24, 2.45) is 0 Å². The van der Waals surface area contributed by atoms with Gasteiger partial charge in [-0.15, -0.1) is 0 Å². The number of rotatable bonds is 9. The molecule has 0 heterocycles. The lowest BCUT2D eigenvalue weighted by Crippen LogP contribution is -2.34. The standard InChI is InChI=1S/C20H25NO3/c1-3-14-23-18-10-12-19(13-11-18)24-16-20(22)21(4-2)15-17-8-6-5-7-9-17/h5-13H,3-4,14-16H2,1-2H3. The summed E-state index contributed by atoms with van der Waals surface area (Å²) < 4.78 is 11.1. The van der Waals surface area contributed by atoms with Crippen molar-refractivity contribution in [2.45, 2.75) is 26.8 Å². The first-order valence-corrected chi connectivity index (χ1v) is 8.40. The molecule has 0 saturated carbocycles. The smallest absolute Gasteiger partial charge is 0.260 e. The Bertz CT molecular complexity index is 611. The van der Waals surface area contributed by atoms with Gasteiger partial charge in [-0.05, 0) is 43.2 Å². The van der Waals surface area contributed by atoms with Gasteiger partial charge in [0.05, 0.1) is 6.61 Å². The third-order valence-electron chi connectivity index (χ3n) is 3.61. The van der Waals surface area contributed by atoms with Gasteiger partial charge in [0.25, 0.3) is 5.91 Å². The molecule has 0 aliphatic rings. The van der Waals surface area contributed by atoms with Crippen LogP contribution in [0.3, 0.4) is 0 Å². The number of hydrogen-bond acceptors (Lipinski definition) is 3. The Morgan fingerprint density at radius 2 is 1.54 bits per heavy atom. The quantitative estimate of drug-likeness (QED) is 0.701. The summed E-state index contributed by atoms with van der Waals surface area (Å²) in [7, 11) is 0. The minimum atomic E-state index is -0.0207. The molecule has 1 amide bonds. The fourth-order valence-corrected chi connectivity index (χ4v) is 2.27. The van der Waals surface area contributed by atoms with Crippen molar-refractivity contribution in [2.75, 3.05) is 19.8 Å². The number of nitrogens with zero attached hydrogens (tertiary/aromatic N) is 1. The van der Waals surface area contributed by atoms with E-state index >= 15 is 0 Å². The van der Waals surface area contributed by atoms with Gasteiger partial charge in [-0.25, -0.2) is 0 Å². The van der Waals surface area contributed by atoms with Gasteiger partial charge in [0, 0.05) is 13.1 Å². The van der Waals surface area contributed by atoms with Gasteiger partial charge in [-0.2, -0.15) is 0 Å². The maximum atomic E-state index is 12.3. The second-order valence-electron chi connectivity index (χ2n) is 5.50. The summed E-state index contributed by atoms with van der Waals surface area (Å²) in [6.07, 6.45) is 0.973. The van der Waals surface area contributed by atoms with Gasteiger partial charge in [0.2, 0.25) is 0 Å². The van der Waals surface area contributed by atoms with E-state index in [1.807, 2.05) is 61.5 Å². The highest BCUT2D eigenvalue weighted by atomic mass is 16.5. The molecule has 128 valence electrons. The molecule has 2 aromatic rings. The van der Waals surface area contributed by atoms with E-state index in [9.17, 15) is 4.79 Å². The summed E-state index contributed by atoms with van der Waals surface area (Å²) in [5, 5.41) is 0. The van der Waals surface area contributed by atoms with Crippen LogP contribution in [-0.2, 0) is 11.3 Å². The summed E-state index contributed by atoms with van der Waals surface area (Å²) in [4.78, 5) is 14.1. The molecule has 0 bridgehead atoms. The van der Waals surface area contributed by atoms with Crippen LogP contribution in [0, 0.1) is 0 Å². The number of ether oxygens (including phenoxy) is 2. The van der Waals surface area contributed by atoms with Crippen LogP contribution < -0.4 is 9.47 Å². The summed E-state index contributed by atoms with van der Waals surface area (Å²) in [6, 6.07) is 17.3. The monoisotopic (exact) mass is 327 g/mol. The molecule has 0 atom stereocenters. The molecule has 0 radical (unpaired) electrons. The fraction of sp³-hybridized carbons (Fsp3) is 0.350. The Balaban J connectivity index is 1.84. The Morgan fingerprint density at radius 3 is 2.12 bits per heavy atom. The number of amides is 1. The molecule has 0 aliphatic heterocycles. The van der Waals surface area contributed by atoms with Crippen LogP contribution in [0.15, 0.2) is 54.6 Å². The van der Waals surface area contributed by atoms with Gasteiger partial charge in [-0.1, -0.05) is 37.3 Å². The molecule has 0 aromatic heterocycles. The third kappa shape index (κ3) is 5.61. The van der Waals surface area contributed by atoms with E-state index in [1.165, 1.54) is 0 Å². The minimum Gasteiger partial charge on any atom is -0.494 e. The Labute approximate surface area is 144 Å². The van der Waals surface area contributed by atoms with Crippen LogP contribution in [0.1, 0.15) is 25.8 Å². The second-order valence-corrected chi connectivity index (χ2v) is 5.50. The van der Waals surface area contributed by atoms with Crippen molar-refractivity contribution < 1.29 is 14.3 Å². The zero-order chi connectivity index (χ0) is 17.2. The number of carbonyl (C=O) groups is 1. The fourth-order valence-electron chi connectivity index (χ4n) is 2.27. The molecule has 24 heavy (non-hydrogen) atoms. The predicted octanol–water partition coefficient (Wildman–Crippen LogP) is 3.90. The summed E-state index contributed by atoms with van der Waals surface area (Å²) >= 11 is 0. The molecule has 0 aliphatic carbocycles. The Morgan fingerprint density at radius 1 is 0.917 bits per heavy atom. The first-order valence-electron chi connectivity index (χ1n) is 8.40. The number of hydrogen-bond donors (Lipinski definition) is 0. The normalized spacial score (nSPS) is 10.2. The van der Waals surface area contributed by atoms with E-state index in [4.69, 9.17) is 9.47 Å². The number of likely N-dealkylation sites (N-methyl/N-ethyl adjacent to an activating group) is 1. The first kappa shape index (κ1) is 17.9. The van der Waals surface area contributed by atoms with Crippen molar-refractivity contribution in [1.82, 2.24) is 4.90 Å². The summed E-state index contributed by atoms with van der Waals surface area (Å²) in [5.74, 6) is 1.46. The Kier molecular flexibility index (Phi) is 7.15. The largest absolute Gasteiger partial charge is 0.494 e. The van der Waals surface area contributed by atoms with Gasteiger partial charge in [0.15, 0.2) is 6.61 Å². The molecule has 0 saturated heterocycles.